The lowest BCUT2D eigenvalue weighted by molar-refractivity contribution is -0.147. The summed E-state index contributed by atoms with van der Waals surface area (Å²) in [4.78, 5) is 24.8. The highest BCUT2D eigenvalue weighted by molar-refractivity contribution is 5.86. The van der Waals surface area contributed by atoms with Gasteiger partial charge in [-0.25, -0.2) is 9.59 Å². The fraction of sp³-hybridized carbons (Fsp3) is 0.417. The Balaban J connectivity index is 2.30. The van der Waals surface area contributed by atoms with E-state index in [1.165, 1.54) is 7.11 Å². The topological polar surface area (TPSA) is 83.1 Å². The molecular weight excluding hydrogens is 398 g/mol. The van der Waals surface area contributed by atoms with Crippen LogP contribution in [0.25, 0.3) is 11.1 Å². The monoisotopic (exact) mass is 429 g/mol. The van der Waals surface area contributed by atoms with Gasteiger partial charge in [-0.15, -0.1) is 0 Å². The summed E-state index contributed by atoms with van der Waals surface area (Å²) in [5.41, 5.74) is 0.596. The quantitative estimate of drug-likeness (QED) is 0.658. The van der Waals surface area contributed by atoms with Gasteiger partial charge < -0.3 is 24.3 Å². The van der Waals surface area contributed by atoms with E-state index in [4.69, 9.17) is 18.9 Å². The number of ether oxygens (including phenoxy) is 4. The van der Waals surface area contributed by atoms with Gasteiger partial charge in [0, 0.05) is 6.42 Å². The predicted molar refractivity (Wildman–Crippen MR) is 118 cm³/mol. The van der Waals surface area contributed by atoms with Crippen molar-refractivity contribution in [2.24, 2.45) is 0 Å². The molecule has 0 aromatic heterocycles. The zero-order chi connectivity index (χ0) is 23.2. The van der Waals surface area contributed by atoms with E-state index in [0.29, 0.717) is 11.5 Å². The molecule has 1 N–H and O–H groups in total. The van der Waals surface area contributed by atoms with Gasteiger partial charge in [0.25, 0.3) is 0 Å². The maximum atomic E-state index is 12.5. The summed E-state index contributed by atoms with van der Waals surface area (Å²) in [6.07, 6.45) is -0.460. The van der Waals surface area contributed by atoms with Crippen LogP contribution in [0.3, 0.4) is 0 Å². The molecule has 2 rings (SSSR count). The lowest BCUT2D eigenvalue weighted by atomic mass is 9.91. The third-order valence-corrected chi connectivity index (χ3v) is 4.64. The van der Waals surface area contributed by atoms with E-state index < -0.39 is 23.2 Å². The van der Waals surface area contributed by atoms with Crippen LogP contribution >= 0.6 is 0 Å². The van der Waals surface area contributed by atoms with Gasteiger partial charge in [-0.2, -0.15) is 0 Å². The molecule has 0 saturated carbocycles. The highest BCUT2D eigenvalue weighted by Gasteiger charge is 2.37. The molecule has 1 unspecified atom stereocenters. The summed E-state index contributed by atoms with van der Waals surface area (Å²) in [5, 5.41) is 2.66. The number of esters is 1. The Hall–Kier alpha value is -3.22. The van der Waals surface area contributed by atoms with Gasteiger partial charge in [-0.05, 0) is 51.0 Å². The number of carbonyl (C=O) groups excluding carboxylic acids is 2. The number of nitrogens with one attached hydrogen (secondary N) is 1. The molecule has 1 atom stereocenters. The average Bonchev–Trinajstić information content (AvgIpc) is 2.71. The summed E-state index contributed by atoms with van der Waals surface area (Å²) in [6, 6.07) is 13.2. The van der Waals surface area contributed by atoms with Crippen molar-refractivity contribution in [3.8, 4) is 22.6 Å². The second-order valence-electron chi connectivity index (χ2n) is 8.36. The molecule has 7 nitrogen and oxygen atoms in total. The first-order valence-corrected chi connectivity index (χ1v) is 9.93. The standard InChI is InChI=1S/C24H31NO6/c1-23(2,3)31-22(27)25-24(4,21(26)30-7)15-16-11-13-17(14-12-16)20-18(28-5)9-8-10-19(20)29-6/h8-14H,15H2,1-7H3,(H,25,27). The van der Waals surface area contributed by atoms with E-state index in [1.807, 2.05) is 42.5 Å². The lowest BCUT2D eigenvalue weighted by Crippen LogP contribution is -2.55. The molecule has 7 heteroatoms. The maximum Gasteiger partial charge on any atom is 0.408 e. The summed E-state index contributed by atoms with van der Waals surface area (Å²) in [6.45, 7) is 6.88. The molecule has 0 spiro atoms. The third kappa shape index (κ3) is 6.13. The Kier molecular flexibility index (Phi) is 7.55. The van der Waals surface area contributed by atoms with Gasteiger partial charge in [-0.3, -0.25) is 0 Å². The smallest absolute Gasteiger partial charge is 0.408 e. The van der Waals surface area contributed by atoms with Crippen LogP contribution in [-0.2, 0) is 20.7 Å². The molecule has 2 aromatic carbocycles. The predicted octanol–water partition coefficient (Wildman–Crippen LogP) is 4.37. The number of carbonyl (C=O) groups is 2. The average molecular weight is 430 g/mol. The molecule has 0 aliphatic heterocycles. The summed E-state index contributed by atoms with van der Waals surface area (Å²) in [7, 11) is 4.50. The summed E-state index contributed by atoms with van der Waals surface area (Å²) < 4.78 is 21.2. The van der Waals surface area contributed by atoms with Crippen LogP contribution in [0.4, 0.5) is 4.79 Å². The fourth-order valence-electron chi connectivity index (χ4n) is 3.25. The molecule has 168 valence electrons. The van der Waals surface area contributed by atoms with Crippen LogP contribution in [0.15, 0.2) is 42.5 Å². The van der Waals surface area contributed by atoms with Crippen molar-refractivity contribution in [1.29, 1.82) is 0 Å². The van der Waals surface area contributed by atoms with Crippen LogP contribution in [-0.4, -0.2) is 44.5 Å². The number of amides is 1. The third-order valence-electron chi connectivity index (χ3n) is 4.64. The number of benzene rings is 2. The van der Waals surface area contributed by atoms with Crippen LogP contribution in [0.1, 0.15) is 33.3 Å². The Morgan fingerprint density at radius 3 is 1.87 bits per heavy atom. The molecular formula is C24H31NO6. The van der Waals surface area contributed by atoms with Crippen molar-refractivity contribution in [2.75, 3.05) is 21.3 Å². The number of rotatable bonds is 7. The van der Waals surface area contributed by atoms with Gasteiger partial charge >= 0.3 is 12.1 Å². The normalized spacial score (nSPS) is 13.0. The molecule has 31 heavy (non-hydrogen) atoms. The number of methoxy groups -OCH3 is 3. The number of alkyl carbamates (subject to hydrolysis) is 1. The van der Waals surface area contributed by atoms with Crippen molar-refractivity contribution in [1.82, 2.24) is 5.32 Å². The first kappa shape index (κ1) is 24.1. The van der Waals surface area contributed by atoms with E-state index in [9.17, 15) is 9.59 Å². The Bertz CT molecular complexity index is 894. The maximum absolute atomic E-state index is 12.5. The number of hydrogen-bond acceptors (Lipinski definition) is 6. The molecule has 0 fully saturated rings. The molecule has 0 heterocycles. The number of hydrogen-bond donors (Lipinski definition) is 1. The van der Waals surface area contributed by atoms with Crippen LogP contribution in [0.2, 0.25) is 0 Å². The molecule has 1 amide bonds. The van der Waals surface area contributed by atoms with Crippen molar-refractivity contribution < 1.29 is 28.5 Å². The molecule has 0 bridgehead atoms. The van der Waals surface area contributed by atoms with Gasteiger partial charge in [0.05, 0.1) is 26.9 Å². The largest absolute Gasteiger partial charge is 0.496 e. The minimum Gasteiger partial charge on any atom is -0.496 e. The molecule has 0 aliphatic rings. The van der Waals surface area contributed by atoms with E-state index >= 15 is 0 Å². The highest BCUT2D eigenvalue weighted by Crippen LogP contribution is 2.38. The Morgan fingerprint density at radius 2 is 1.42 bits per heavy atom. The van der Waals surface area contributed by atoms with Crippen molar-refractivity contribution in [2.45, 2.75) is 45.3 Å². The molecule has 0 aliphatic carbocycles. The van der Waals surface area contributed by atoms with Gasteiger partial charge in [0.15, 0.2) is 0 Å². The first-order chi connectivity index (χ1) is 14.5. The Labute approximate surface area is 183 Å². The fourth-order valence-corrected chi connectivity index (χ4v) is 3.25. The zero-order valence-corrected chi connectivity index (χ0v) is 19.2. The highest BCUT2D eigenvalue weighted by atomic mass is 16.6. The Morgan fingerprint density at radius 1 is 0.871 bits per heavy atom. The van der Waals surface area contributed by atoms with Crippen molar-refractivity contribution >= 4 is 12.1 Å². The molecule has 0 radical (unpaired) electrons. The van der Waals surface area contributed by atoms with Crippen LogP contribution in [0.5, 0.6) is 11.5 Å². The summed E-state index contributed by atoms with van der Waals surface area (Å²) >= 11 is 0. The van der Waals surface area contributed by atoms with E-state index in [0.717, 1.165) is 16.7 Å². The van der Waals surface area contributed by atoms with Crippen LogP contribution in [0, 0.1) is 0 Å². The van der Waals surface area contributed by atoms with Crippen LogP contribution < -0.4 is 14.8 Å². The van der Waals surface area contributed by atoms with Gasteiger partial charge in [0.1, 0.15) is 22.6 Å². The van der Waals surface area contributed by atoms with Gasteiger partial charge in [-0.1, -0.05) is 30.3 Å². The summed E-state index contributed by atoms with van der Waals surface area (Å²) in [5.74, 6) is 0.824. The van der Waals surface area contributed by atoms with E-state index in [2.05, 4.69) is 5.32 Å². The van der Waals surface area contributed by atoms with E-state index in [1.54, 1.807) is 41.9 Å². The second-order valence-corrected chi connectivity index (χ2v) is 8.36. The van der Waals surface area contributed by atoms with E-state index in [-0.39, 0.29) is 6.42 Å². The van der Waals surface area contributed by atoms with Crippen molar-refractivity contribution in [3.05, 3.63) is 48.0 Å². The molecule has 2 aromatic rings. The lowest BCUT2D eigenvalue weighted by Gasteiger charge is -2.30. The zero-order valence-electron chi connectivity index (χ0n) is 19.2. The first-order valence-electron chi connectivity index (χ1n) is 9.93. The molecule has 0 saturated heterocycles. The van der Waals surface area contributed by atoms with Crippen molar-refractivity contribution in [3.63, 3.8) is 0 Å². The minimum absolute atomic E-state index is 0.224. The SMILES string of the molecule is COC(=O)C(C)(Cc1ccc(-c2c(OC)cccc2OC)cc1)NC(=O)OC(C)(C)C. The minimum atomic E-state index is -1.29. The second kappa shape index (κ2) is 9.73. The van der Waals surface area contributed by atoms with Gasteiger partial charge in [0.2, 0.25) is 0 Å².